The number of rotatable bonds is 5. The number of carbonyl (C=O) groups is 1. The molecule has 0 bridgehead atoms. The van der Waals surface area contributed by atoms with Crippen molar-refractivity contribution in [1.82, 2.24) is 9.73 Å². The first-order valence-corrected chi connectivity index (χ1v) is 11.2. The van der Waals surface area contributed by atoms with Crippen molar-refractivity contribution >= 4 is 22.1 Å². The quantitative estimate of drug-likeness (QED) is 0.581. The molecule has 1 fully saturated rings. The number of carbonyl (C=O) groups excluding carboxylic acids is 1. The highest BCUT2D eigenvalue weighted by molar-refractivity contribution is 7.89. The lowest BCUT2D eigenvalue weighted by Gasteiger charge is -2.30. The molecular formula is C21H23N3O5S. The van der Waals surface area contributed by atoms with Crippen LogP contribution in [0, 0.1) is 12.8 Å². The Hall–Kier alpha value is -2.91. The zero-order chi connectivity index (χ0) is 21.1. The molecule has 1 amide bonds. The van der Waals surface area contributed by atoms with Gasteiger partial charge in [0.1, 0.15) is 0 Å². The molecule has 0 unspecified atom stereocenters. The maximum absolute atomic E-state index is 12.9. The van der Waals surface area contributed by atoms with Gasteiger partial charge < -0.3 is 9.47 Å². The van der Waals surface area contributed by atoms with Crippen LogP contribution in [0.4, 0.5) is 0 Å². The Morgan fingerprint density at radius 3 is 2.73 bits per heavy atom. The summed E-state index contributed by atoms with van der Waals surface area (Å²) in [5, 5.41) is 4.01. The van der Waals surface area contributed by atoms with E-state index in [9.17, 15) is 13.2 Å². The lowest BCUT2D eigenvalue weighted by Crippen LogP contribution is -2.44. The van der Waals surface area contributed by atoms with Gasteiger partial charge in [0.05, 0.1) is 17.0 Å². The minimum atomic E-state index is -3.63. The summed E-state index contributed by atoms with van der Waals surface area (Å²) in [4.78, 5) is 12.8. The molecule has 0 saturated carbocycles. The zero-order valence-corrected chi connectivity index (χ0v) is 17.4. The van der Waals surface area contributed by atoms with Crippen molar-refractivity contribution in [3.8, 4) is 11.5 Å². The predicted octanol–water partition coefficient (Wildman–Crippen LogP) is 2.27. The van der Waals surface area contributed by atoms with E-state index in [1.165, 1.54) is 10.5 Å². The first-order chi connectivity index (χ1) is 14.4. The third-order valence-corrected chi connectivity index (χ3v) is 7.08. The largest absolute Gasteiger partial charge is 0.454 e. The molecule has 158 valence electrons. The minimum absolute atomic E-state index is 0.140. The second-order valence-corrected chi connectivity index (χ2v) is 9.30. The molecule has 2 aliphatic heterocycles. The molecule has 30 heavy (non-hydrogen) atoms. The summed E-state index contributed by atoms with van der Waals surface area (Å²) in [6.07, 6.45) is 2.75. The van der Waals surface area contributed by atoms with Crippen molar-refractivity contribution in [3.05, 3.63) is 53.6 Å². The van der Waals surface area contributed by atoms with Gasteiger partial charge in [-0.3, -0.25) is 4.79 Å². The van der Waals surface area contributed by atoms with Gasteiger partial charge >= 0.3 is 0 Å². The first kappa shape index (κ1) is 20.4. The van der Waals surface area contributed by atoms with Crippen molar-refractivity contribution in [2.75, 3.05) is 19.9 Å². The Morgan fingerprint density at radius 1 is 1.17 bits per heavy atom. The van der Waals surface area contributed by atoms with E-state index < -0.39 is 15.9 Å². The summed E-state index contributed by atoms with van der Waals surface area (Å²) >= 11 is 0. The number of sulfonamides is 1. The lowest BCUT2D eigenvalue weighted by molar-refractivity contribution is -0.126. The van der Waals surface area contributed by atoms with Crippen LogP contribution in [0.3, 0.4) is 0 Å². The van der Waals surface area contributed by atoms with Crippen molar-refractivity contribution in [2.24, 2.45) is 11.0 Å². The van der Waals surface area contributed by atoms with Crippen LogP contribution >= 0.6 is 0 Å². The number of amides is 1. The number of nitrogens with zero attached hydrogens (tertiary/aromatic N) is 2. The van der Waals surface area contributed by atoms with E-state index >= 15 is 0 Å². The van der Waals surface area contributed by atoms with Crippen molar-refractivity contribution in [3.63, 3.8) is 0 Å². The van der Waals surface area contributed by atoms with E-state index in [0.29, 0.717) is 30.9 Å². The highest BCUT2D eigenvalue weighted by atomic mass is 32.2. The van der Waals surface area contributed by atoms with Crippen molar-refractivity contribution in [2.45, 2.75) is 24.7 Å². The summed E-state index contributed by atoms with van der Waals surface area (Å²) < 4.78 is 37.8. The molecule has 1 N–H and O–H groups in total. The third kappa shape index (κ3) is 4.31. The van der Waals surface area contributed by atoms with Gasteiger partial charge in [-0.15, -0.1) is 0 Å². The fourth-order valence-corrected chi connectivity index (χ4v) is 5.01. The van der Waals surface area contributed by atoms with Crippen LogP contribution < -0.4 is 14.9 Å². The molecule has 0 radical (unpaired) electrons. The molecule has 2 aliphatic rings. The first-order valence-electron chi connectivity index (χ1n) is 9.73. The average molecular weight is 429 g/mol. The number of aryl methyl sites for hydroxylation is 1. The van der Waals surface area contributed by atoms with E-state index in [-0.39, 0.29) is 24.1 Å². The van der Waals surface area contributed by atoms with Gasteiger partial charge in [-0.25, -0.2) is 13.8 Å². The molecular weight excluding hydrogens is 406 g/mol. The molecule has 1 saturated heterocycles. The SMILES string of the molecule is Cc1ccc(S(=O)(=O)N2CCC[C@@H](C(=O)N/N=C\c3ccc4c(c3)OCO4)C2)cc1. The third-order valence-electron chi connectivity index (χ3n) is 5.20. The summed E-state index contributed by atoms with van der Waals surface area (Å²) in [5.41, 5.74) is 4.27. The molecule has 0 aromatic heterocycles. The van der Waals surface area contributed by atoms with E-state index in [4.69, 9.17) is 9.47 Å². The smallest absolute Gasteiger partial charge is 0.244 e. The van der Waals surface area contributed by atoms with Crippen LogP contribution in [-0.4, -0.2) is 44.7 Å². The Labute approximate surface area is 175 Å². The number of hydrogen-bond acceptors (Lipinski definition) is 6. The number of hydrogen-bond donors (Lipinski definition) is 1. The van der Waals surface area contributed by atoms with Crippen LogP contribution in [-0.2, 0) is 14.8 Å². The number of hydrazone groups is 1. The Morgan fingerprint density at radius 2 is 1.93 bits per heavy atom. The maximum atomic E-state index is 12.9. The van der Waals surface area contributed by atoms with Crippen LogP contribution in [0.5, 0.6) is 11.5 Å². The summed E-state index contributed by atoms with van der Waals surface area (Å²) in [5.74, 6) is 0.562. The molecule has 2 aromatic rings. The van der Waals surface area contributed by atoms with E-state index in [1.807, 2.05) is 6.92 Å². The van der Waals surface area contributed by atoms with Crippen LogP contribution in [0.2, 0.25) is 0 Å². The number of nitrogens with one attached hydrogen (secondary N) is 1. The van der Waals surface area contributed by atoms with Crippen LogP contribution in [0.15, 0.2) is 52.5 Å². The van der Waals surface area contributed by atoms with E-state index in [2.05, 4.69) is 10.5 Å². The highest BCUT2D eigenvalue weighted by Gasteiger charge is 2.33. The Balaban J connectivity index is 1.38. The Kier molecular flexibility index (Phi) is 5.74. The predicted molar refractivity (Wildman–Crippen MR) is 111 cm³/mol. The standard InChI is InChI=1S/C21H23N3O5S/c1-15-4-7-18(8-5-15)30(26,27)24-10-2-3-17(13-24)21(25)23-22-12-16-6-9-19-20(11-16)29-14-28-19/h4-9,11-12,17H,2-3,10,13-14H2,1H3,(H,23,25)/b22-12-/t17-/m1/s1. The topological polar surface area (TPSA) is 97.3 Å². The van der Waals surface area contributed by atoms with Gasteiger partial charge in [-0.1, -0.05) is 17.7 Å². The van der Waals surface area contributed by atoms with E-state index in [1.54, 1.807) is 42.5 Å². The fraction of sp³-hybridized carbons (Fsp3) is 0.333. The van der Waals surface area contributed by atoms with E-state index in [0.717, 1.165) is 11.1 Å². The number of piperidine rings is 1. The summed E-state index contributed by atoms with van der Waals surface area (Å²) in [6, 6.07) is 12.1. The second-order valence-electron chi connectivity index (χ2n) is 7.36. The average Bonchev–Trinajstić information content (AvgIpc) is 3.22. The lowest BCUT2D eigenvalue weighted by atomic mass is 9.99. The molecule has 0 aliphatic carbocycles. The number of fused-ring (bicyclic) bond motifs is 1. The van der Waals surface area contributed by atoms with Crippen LogP contribution in [0.1, 0.15) is 24.0 Å². The normalized spacial score (nSPS) is 19.2. The molecule has 4 rings (SSSR count). The number of ether oxygens (including phenoxy) is 2. The molecule has 9 heteroatoms. The van der Waals surface area contributed by atoms with Gasteiger partial charge in [-0.05, 0) is 55.7 Å². The Bertz CT molecular complexity index is 1070. The highest BCUT2D eigenvalue weighted by Crippen LogP contribution is 2.32. The number of benzene rings is 2. The molecule has 2 heterocycles. The van der Waals surface area contributed by atoms with Gasteiger partial charge in [0, 0.05) is 13.1 Å². The van der Waals surface area contributed by atoms with Gasteiger partial charge in [0.2, 0.25) is 22.7 Å². The maximum Gasteiger partial charge on any atom is 0.244 e. The molecule has 8 nitrogen and oxygen atoms in total. The van der Waals surface area contributed by atoms with Gasteiger partial charge in [-0.2, -0.15) is 9.41 Å². The van der Waals surface area contributed by atoms with Crippen molar-refractivity contribution in [1.29, 1.82) is 0 Å². The molecule has 0 spiro atoms. The zero-order valence-electron chi connectivity index (χ0n) is 16.6. The fourth-order valence-electron chi connectivity index (χ4n) is 3.49. The monoisotopic (exact) mass is 429 g/mol. The molecule has 1 atom stereocenters. The molecule has 2 aromatic carbocycles. The van der Waals surface area contributed by atoms with Gasteiger partial charge in [0.25, 0.3) is 0 Å². The van der Waals surface area contributed by atoms with Gasteiger partial charge in [0.15, 0.2) is 11.5 Å². The minimum Gasteiger partial charge on any atom is -0.454 e. The summed E-state index contributed by atoms with van der Waals surface area (Å²) in [7, 11) is -3.63. The van der Waals surface area contributed by atoms with Crippen LogP contribution in [0.25, 0.3) is 0 Å². The van der Waals surface area contributed by atoms with Crippen molar-refractivity contribution < 1.29 is 22.7 Å². The summed E-state index contributed by atoms with van der Waals surface area (Å²) in [6.45, 7) is 2.64. The second kappa shape index (κ2) is 8.45.